The molecule has 0 saturated heterocycles. The van der Waals surface area contributed by atoms with E-state index >= 15 is 0 Å². The molecular weight excluding hydrogens is 230 g/mol. The molecule has 4 nitrogen and oxygen atoms in total. The van der Waals surface area contributed by atoms with Crippen molar-refractivity contribution in [3.05, 3.63) is 29.8 Å². The third-order valence-electron chi connectivity index (χ3n) is 2.48. The molecule has 0 amide bonds. The van der Waals surface area contributed by atoms with E-state index in [4.69, 9.17) is 9.47 Å². The summed E-state index contributed by atoms with van der Waals surface area (Å²) in [6, 6.07) is 7.07. The minimum absolute atomic E-state index is 0.271. The number of nitrogens with one attached hydrogen (secondary N) is 1. The van der Waals surface area contributed by atoms with Crippen LogP contribution in [0.4, 0.5) is 0 Å². The van der Waals surface area contributed by atoms with Gasteiger partial charge in [-0.2, -0.15) is 0 Å². The monoisotopic (exact) mass is 251 g/mol. The molecule has 1 aromatic rings. The Morgan fingerprint density at radius 2 is 2.17 bits per heavy atom. The molecule has 1 atom stereocenters. The molecule has 4 heteroatoms. The second-order valence-corrected chi connectivity index (χ2v) is 3.89. The maximum Gasteiger partial charge on any atom is 0.327 e. The van der Waals surface area contributed by atoms with Gasteiger partial charge >= 0.3 is 5.97 Å². The van der Waals surface area contributed by atoms with E-state index < -0.39 is 6.04 Å². The number of rotatable bonds is 7. The van der Waals surface area contributed by atoms with Crippen molar-refractivity contribution in [2.75, 3.05) is 20.3 Å². The summed E-state index contributed by atoms with van der Waals surface area (Å²) in [6.07, 6.45) is 0.956. The van der Waals surface area contributed by atoms with E-state index in [1.54, 1.807) is 14.0 Å². The van der Waals surface area contributed by atoms with Crippen LogP contribution in [0.15, 0.2) is 24.3 Å². The van der Waals surface area contributed by atoms with Crippen LogP contribution in [0, 0.1) is 0 Å². The highest BCUT2D eigenvalue weighted by Gasteiger charge is 2.20. The molecule has 0 saturated carbocycles. The third-order valence-corrected chi connectivity index (χ3v) is 2.48. The second-order valence-electron chi connectivity index (χ2n) is 3.89. The number of carbonyl (C=O) groups is 1. The molecular formula is C14H21NO3. The van der Waals surface area contributed by atoms with E-state index in [2.05, 4.69) is 12.2 Å². The predicted molar refractivity (Wildman–Crippen MR) is 70.7 cm³/mol. The van der Waals surface area contributed by atoms with Gasteiger partial charge in [0.2, 0.25) is 0 Å². The van der Waals surface area contributed by atoms with Crippen LogP contribution in [-0.2, 0) is 9.53 Å². The highest BCUT2D eigenvalue weighted by atomic mass is 16.5. The second kappa shape index (κ2) is 7.71. The van der Waals surface area contributed by atoms with Crippen LogP contribution in [0.5, 0.6) is 5.75 Å². The van der Waals surface area contributed by atoms with Crippen LogP contribution < -0.4 is 10.1 Å². The molecule has 0 radical (unpaired) electrons. The molecule has 100 valence electrons. The topological polar surface area (TPSA) is 47.6 Å². The smallest absolute Gasteiger partial charge is 0.327 e. The normalized spacial score (nSPS) is 11.9. The fourth-order valence-electron chi connectivity index (χ4n) is 1.65. The maximum atomic E-state index is 11.8. The van der Waals surface area contributed by atoms with Crippen LogP contribution in [-0.4, -0.2) is 26.2 Å². The van der Waals surface area contributed by atoms with Crippen molar-refractivity contribution in [2.45, 2.75) is 26.3 Å². The van der Waals surface area contributed by atoms with Crippen molar-refractivity contribution in [1.29, 1.82) is 0 Å². The van der Waals surface area contributed by atoms with E-state index in [-0.39, 0.29) is 5.97 Å². The van der Waals surface area contributed by atoms with Gasteiger partial charge in [-0.05, 0) is 38.1 Å². The molecule has 1 aromatic carbocycles. The Morgan fingerprint density at radius 1 is 1.39 bits per heavy atom. The van der Waals surface area contributed by atoms with Gasteiger partial charge in [0, 0.05) is 0 Å². The van der Waals surface area contributed by atoms with E-state index in [1.165, 1.54) is 0 Å². The van der Waals surface area contributed by atoms with E-state index in [1.807, 2.05) is 24.3 Å². The fraction of sp³-hybridized carbons (Fsp3) is 0.500. The van der Waals surface area contributed by atoms with Crippen molar-refractivity contribution in [1.82, 2.24) is 5.32 Å². The fourth-order valence-corrected chi connectivity index (χ4v) is 1.65. The predicted octanol–water partition coefficient (Wildman–Crippen LogP) is 2.30. The molecule has 0 aromatic heterocycles. The van der Waals surface area contributed by atoms with Gasteiger partial charge in [0.05, 0.1) is 13.2 Å². The van der Waals surface area contributed by atoms with Crippen LogP contribution in [0.3, 0.4) is 0 Å². The number of benzene rings is 1. The average molecular weight is 251 g/mol. The Morgan fingerprint density at radius 3 is 2.78 bits per heavy atom. The first-order valence-corrected chi connectivity index (χ1v) is 6.29. The zero-order valence-electron chi connectivity index (χ0n) is 11.2. The number of ether oxygens (including phenoxy) is 2. The maximum absolute atomic E-state index is 11.8. The number of likely N-dealkylation sites (N-methyl/N-ethyl adjacent to an activating group) is 1. The number of hydrogen-bond donors (Lipinski definition) is 1. The first-order valence-electron chi connectivity index (χ1n) is 6.29. The van der Waals surface area contributed by atoms with E-state index in [0.717, 1.165) is 17.7 Å². The van der Waals surface area contributed by atoms with Gasteiger partial charge in [0.25, 0.3) is 0 Å². The Kier molecular flexibility index (Phi) is 6.22. The van der Waals surface area contributed by atoms with Gasteiger partial charge in [-0.3, -0.25) is 0 Å². The molecule has 0 spiro atoms. The summed E-state index contributed by atoms with van der Waals surface area (Å²) in [5.41, 5.74) is 0.851. The molecule has 0 aliphatic carbocycles. The molecule has 0 bridgehead atoms. The van der Waals surface area contributed by atoms with E-state index in [0.29, 0.717) is 13.2 Å². The van der Waals surface area contributed by atoms with Gasteiger partial charge in [-0.25, -0.2) is 4.79 Å². The number of esters is 1. The molecule has 1 unspecified atom stereocenters. The van der Waals surface area contributed by atoms with Crippen LogP contribution in [0.2, 0.25) is 0 Å². The van der Waals surface area contributed by atoms with Crippen molar-refractivity contribution in [3.63, 3.8) is 0 Å². The minimum Gasteiger partial charge on any atom is -0.494 e. The lowest BCUT2D eigenvalue weighted by Gasteiger charge is -2.16. The highest BCUT2D eigenvalue weighted by molar-refractivity contribution is 5.77. The van der Waals surface area contributed by atoms with Gasteiger partial charge < -0.3 is 14.8 Å². The molecule has 18 heavy (non-hydrogen) atoms. The Labute approximate surface area is 108 Å². The zero-order chi connectivity index (χ0) is 13.4. The van der Waals surface area contributed by atoms with Crippen molar-refractivity contribution in [3.8, 4) is 5.75 Å². The molecule has 1 N–H and O–H groups in total. The minimum atomic E-state index is -0.449. The first-order chi connectivity index (χ1) is 8.72. The lowest BCUT2D eigenvalue weighted by atomic mass is 10.1. The Balaban J connectivity index is 2.82. The summed E-state index contributed by atoms with van der Waals surface area (Å²) in [7, 11) is 1.74. The lowest BCUT2D eigenvalue weighted by molar-refractivity contribution is -0.145. The number of carbonyl (C=O) groups excluding carboxylic acids is 1. The molecule has 0 aliphatic rings. The molecule has 0 fully saturated rings. The van der Waals surface area contributed by atoms with Gasteiger partial charge in [0.1, 0.15) is 11.8 Å². The SMILES string of the molecule is CCCOc1cccc(C(NC)C(=O)OCC)c1. The zero-order valence-corrected chi connectivity index (χ0v) is 11.2. The summed E-state index contributed by atoms with van der Waals surface area (Å²) in [5.74, 6) is 0.506. The third kappa shape index (κ3) is 4.04. The van der Waals surface area contributed by atoms with Crippen molar-refractivity contribution >= 4 is 5.97 Å². The Hall–Kier alpha value is -1.55. The summed E-state index contributed by atoms with van der Waals surface area (Å²) >= 11 is 0. The van der Waals surface area contributed by atoms with Crippen molar-refractivity contribution < 1.29 is 14.3 Å². The van der Waals surface area contributed by atoms with Crippen LogP contribution >= 0.6 is 0 Å². The first kappa shape index (κ1) is 14.5. The lowest BCUT2D eigenvalue weighted by Crippen LogP contribution is -2.27. The summed E-state index contributed by atoms with van der Waals surface area (Å²) < 4.78 is 10.6. The molecule has 1 rings (SSSR count). The average Bonchev–Trinajstić information content (AvgIpc) is 2.38. The summed E-state index contributed by atoms with van der Waals surface area (Å²) in [4.78, 5) is 11.8. The van der Waals surface area contributed by atoms with Crippen LogP contribution in [0.25, 0.3) is 0 Å². The Bertz CT molecular complexity index is 379. The van der Waals surface area contributed by atoms with Gasteiger partial charge in [-0.1, -0.05) is 19.1 Å². The molecule has 0 aliphatic heterocycles. The summed E-state index contributed by atoms with van der Waals surface area (Å²) in [6.45, 7) is 4.90. The largest absolute Gasteiger partial charge is 0.494 e. The molecule has 0 heterocycles. The standard InChI is InChI=1S/C14H21NO3/c1-4-9-18-12-8-6-7-11(10-12)13(15-3)14(16)17-5-2/h6-8,10,13,15H,4-5,9H2,1-3H3. The van der Waals surface area contributed by atoms with E-state index in [9.17, 15) is 4.79 Å². The van der Waals surface area contributed by atoms with Crippen LogP contribution in [0.1, 0.15) is 31.9 Å². The quantitative estimate of drug-likeness (QED) is 0.755. The highest BCUT2D eigenvalue weighted by Crippen LogP contribution is 2.20. The van der Waals surface area contributed by atoms with Gasteiger partial charge in [0.15, 0.2) is 0 Å². The van der Waals surface area contributed by atoms with Crippen molar-refractivity contribution in [2.24, 2.45) is 0 Å². The number of hydrogen-bond acceptors (Lipinski definition) is 4. The van der Waals surface area contributed by atoms with Gasteiger partial charge in [-0.15, -0.1) is 0 Å². The summed E-state index contributed by atoms with van der Waals surface area (Å²) in [5, 5.41) is 2.96.